The molecule has 3 aromatic heterocycles. The maximum atomic E-state index is 12.3. The molecule has 7 heteroatoms. The zero-order chi connectivity index (χ0) is 16.5. The molecule has 0 aliphatic heterocycles. The molecule has 24 heavy (non-hydrogen) atoms. The van der Waals surface area contributed by atoms with Crippen LogP contribution in [0.15, 0.2) is 55.0 Å². The Bertz CT molecular complexity index is 1040. The Kier molecular flexibility index (Phi) is 3.66. The van der Waals surface area contributed by atoms with E-state index in [4.69, 9.17) is 11.6 Å². The van der Waals surface area contributed by atoms with E-state index in [2.05, 4.69) is 15.4 Å². The number of pyridine rings is 1. The summed E-state index contributed by atoms with van der Waals surface area (Å²) in [5.41, 5.74) is 2.92. The van der Waals surface area contributed by atoms with Crippen molar-refractivity contribution in [3.63, 3.8) is 0 Å². The maximum absolute atomic E-state index is 12.3. The maximum Gasteiger partial charge on any atom is 0.273 e. The predicted molar refractivity (Wildman–Crippen MR) is 92.3 cm³/mol. The Morgan fingerprint density at radius 3 is 2.79 bits per heavy atom. The number of para-hydroxylation sites is 2. The van der Waals surface area contributed by atoms with Crippen LogP contribution in [0.25, 0.3) is 16.6 Å². The van der Waals surface area contributed by atoms with Gasteiger partial charge in [-0.1, -0.05) is 29.8 Å². The highest BCUT2D eigenvalue weighted by atomic mass is 35.5. The molecule has 0 saturated heterocycles. The third kappa shape index (κ3) is 2.51. The summed E-state index contributed by atoms with van der Waals surface area (Å²) in [6, 6.07) is 13.4. The van der Waals surface area contributed by atoms with Crippen molar-refractivity contribution >= 4 is 34.1 Å². The summed E-state index contributed by atoms with van der Waals surface area (Å²) in [5, 5.41) is 7.45. The fourth-order valence-electron chi connectivity index (χ4n) is 2.68. The number of nitrogens with zero attached hydrogens (tertiary/aromatic N) is 4. The molecule has 0 bridgehead atoms. The van der Waals surface area contributed by atoms with Crippen LogP contribution in [0.2, 0.25) is 5.02 Å². The van der Waals surface area contributed by atoms with E-state index in [9.17, 15) is 4.79 Å². The summed E-state index contributed by atoms with van der Waals surface area (Å²) in [7, 11) is 0. The van der Waals surface area contributed by atoms with E-state index in [-0.39, 0.29) is 11.6 Å². The van der Waals surface area contributed by atoms with E-state index >= 15 is 0 Å². The van der Waals surface area contributed by atoms with Gasteiger partial charge in [-0.3, -0.25) is 4.79 Å². The summed E-state index contributed by atoms with van der Waals surface area (Å²) >= 11 is 6.25. The Morgan fingerprint density at radius 1 is 1.12 bits per heavy atom. The molecule has 6 nitrogen and oxygen atoms in total. The summed E-state index contributed by atoms with van der Waals surface area (Å²) < 4.78 is 3.60. The van der Waals surface area contributed by atoms with Crippen molar-refractivity contribution in [2.45, 2.75) is 6.54 Å². The average Bonchev–Trinajstić information content (AvgIpc) is 3.17. The lowest BCUT2D eigenvalue weighted by atomic mass is 10.3. The van der Waals surface area contributed by atoms with Crippen molar-refractivity contribution in [2.75, 3.05) is 6.54 Å². The highest BCUT2D eigenvalue weighted by Gasteiger charge is 2.17. The molecule has 0 aliphatic carbocycles. The van der Waals surface area contributed by atoms with Crippen LogP contribution >= 0.6 is 11.6 Å². The van der Waals surface area contributed by atoms with Crippen LogP contribution < -0.4 is 5.32 Å². The summed E-state index contributed by atoms with van der Waals surface area (Å²) in [6.07, 6.45) is 3.53. The minimum absolute atomic E-state index is 0.235. The highest BCUT2D eigenvalue weighted by Crippen LogP contribution is 2.21. The molecule has 1 aromatic carbocycles. The number of imidazole rings is 1. The van der Waals surface area contributed by atoms with Crippen LogP contribution in [0, 0.1) is 0 Å². The fourth-order valence-corrected chi connectivity index (χ4v) is 2.95. The number of carbonyl (C=O) groups excluding carboxylic acids is 1. The van der Waals surface area contributed by atoms with E-state index in [0.717, 1.165) is 11.0 Å². The number of benzene rings is 1. The van der Waals surface area contributed by atoms with E-state index in [0.29, 0.717) is 23.6 Å². The lowest BCUT2D eigenvalue weighted by molar-refractivity contribution is 0.0947. The molecule has 4 rings (SSSR count). The van der Waals surface area contributed by atoms with Crippen molar-refractivity contribution in [3.05, 3.63) is 65.7 Å². The Balaban J connectivity index is 1.47. The molecule has 120 valence electrons. The van der Waals surface area contributed by atoms with Crippen LogP contribution in [0.4, 0.5) is 0 Å². The number of rotatable bonds is 4. The first-order valence-electron chi connectivity index (χ1n) is 7.55. The number of amides is 1. The SMILES string of the molecule is O=C(NCCn1cnc2ccccc21)c1nn2ccccc2c1Cl. The second kappa shape index (κ2) is 5.98. The smallest absolute Gasteiger partial charge is 0.273 e. The summed E-state index contributed by atoms with van der Waals surface area (Å²) in [4.78, 5) is 16.7. The van der Waals surface area contributed by atoms with Gasteiger partial charge in [0, 0.05) is 19.3 Å². The largest absolute Gasteiger partial charge is 0.349 e. The number of carbonyl (C=O) groups is 1. The van der Waals surface area contributed by atoms with Crippen LogP contribution in [0.1, 0.15) is 10.5 Å². The van der Waals surface area contributed by atoms with Gasteiger partial charge in [-0.2, -0.15) is 5.10 Å². The minimum atomic E-state index is -0.284. The number of aromatic nitrogens is 4. The third-order valence-corrected chi connectivity index (χ3v) is 4.23. The van der Waals surface area contributed by atoms with Crippen LogP contribution in [0.3, 0.4) is 0 Å². The minimum Gasteiger partial charge on any atom is -0.349 e. The first-order chi connectivity index (χ1) is 11.7. The molecule has 0 aliphatic rings. The van der Waals surface area contributed by atoms with E-state index in [1.807, 2.05) is 47.0 Å². The second-order valence-corrected chi connectivity index (χ2v) is 5.75. The number of hydrogen-bond donors (Lipinski definition) is 1. The normalized spacial score (nSPS) is 11.2. The number of fused-ring (bicyclic) bond motifs is 2. The molecule has 1 amide bonds. The molecule has 0 radical (unpaired) electrons. The standard InChI is InChI=1S/C17H14ClN5O/c18-15-14-7-3-4-9-23(14)21-16(15)17(24)19-8-10-22-11-20-12-5-1-2-6-13(12)22/h1-7,9,11H,8,10H2,(H,19,24). The molecule has 0 spiro atoms. The van der Waals surface area contributed by atoms with E-state index in [1.54, 1.807) is 17.0 Å². The topological polar surface area (TPSA) is 64.2 Å². The summed E-state index contributed by atoms with van der Waals surface area (Å²) in [5.74, 6) is -0.284. The van der Waals surface area contributed by atoms with Crippen molar-refractivity contribution in [2.24, 2.45) is 0 Å². The van der Waals surface area contributed by atoms with Crippen LogP contribution in [-0.2, 0) is 6.54 Å². The van der Waals surface area contributed by atoms with Crippen molar-refractivity contribution < 1.29 is 4.79 Å². The quantitative estimate of drug-likeness (QED) is 0.622. The molecular weight excluding hydrogens is 326 g/mol. The molecule has 0 atom stereocenters. The first kappa shape index (κ1) is 14.7. The van der Waals surface area contributed by atoms with Gasteiger partial charge in [-0.05, 0) is 24.3 Å². The average molecular weight is 340 g/mol. The fraction of sp³-hybridized carbons (Fsp3) is 0.118. The molecule has 0 fully saturated rings. The van der Waals surface area contributed by atoms with Crippen molar-refractivity contribution in [3.8, 4) is 0 Å². The monoisotopic (exact) mass is 339 g/mol. The molecule has 1 N–H and O–H groups in total. The van der Waals surface area contributed by atoms with Crippen LogP contribution in [-0.4, -0.2) is 31.6 Å². The molecule has 4 aromatic rings. The Hall–Kier alpha value is -2.86. The lowest BCUT2D eigenvalue weighted by Gasteiger charge is -2.05. The predicted octanol–water partition coefficient (Wildman–Crippen LogP) is 2.77. The molecule has 0 unspecified atom stereocenters. The number of halogens is 1. The second-order valence-electron chi connectivity index (χ2n) is 5.38. The summed E-state index contributed by atoms with van der Waals surface area (Å²) in [6.45, 7) is 1.08. The highest BCUT2D eigenvalue weighted by molar-refractivity contribution is 6.36. The van der Waals surface area contributed by atoms with Crippen LogP contribution in [0.5, 0.6) is 0 Å². The molecule has 0 saturated carbocycles. The lowest BCUT2D eigenvalue weighted by Crippen LogP contribution is -2.27. The van der Waals surface area contributed by atoms with Gasteiger partial charge < -0.3 is 9.88 Å². The van der Waals surface area contributed by atoms with Gasteiger partial charge in [0.05, 0.1) is 27.9 Å². The van der Waals surface area contributed by atoms with Crippen molar-refractivity contribution in [1.29, 1.82) is 0 Å². The van der Waals surface area contributed by atoms with E-state index in [1.165, 1.54) is 0 Å². The zero-order valence-electron chi connectivity index (χ0n) is 12.7. The van der Waals surface area contributed by atoms with Gasteiger partial charge in [-0.25, -0.2) is 9.50 Å². The Morgan fingerprint density at radius 2 is 1.92 bits per heavy atom. The third-order valence-electron chi connectivity index (χ3n) is 3.86. The molecular formula is C17H14ClN5O. The van der Waals surface area contributed by atoms with E-state index < -0.39 is 0 Å². The van der Waals surface area contributed by atoms with Gasteiger partial charge >= 0.3 is 0 Å². The van der Waals surface area contributed by atoms with Gasteiger partial charge in [0.1, 0.15) is 0 Å². The number of hydrogen-bond acceptors (Lipinski definition) is 3. The van der Waals surface area contributed by atoms with Gasteiger partial charge in [0.2, 0.25) is 0 Å². The van der Waals surface area contributed by atoms with Gasteiger partial charge in [0.25, 0.3) is 5.91 Å². The number of nitrogens with one attached hydrogen (secondary N) is 1. The first-order valence-corrected chi connectivity index (χ1v) is 7.93. The zero-order valence-corrected chi connectivity index (χ0v) is 13.4. The van der Waals surface area contributed by atoms with Gasteiger partial charge in [-0.15, -0.1) is 0 Å². The Labute approximate surface area is 142 Å². The molecule has 3 heterocycles. The van der Waals surface area contributed by atoms with Gasteiger partial charge in [0.15, 0.2) is 5.69 Å². The van der Waals surface area contributed by atoms with Crippen molar-refractivity contribution in [1.82, 2.24) is 24.5 Å².